The molecule has 0 fully saturated rings. The number of benzene rings is 2. The second-order valence-electron chi connectivity index (χ2n) is 7.67. The molecule has 5 rings (SSSR count). The molecule has 0 atom stereocenters. The summed E-state index contributed by atoms with van der Waals surface area (Å²) in [6.45, 7) is 2.00. The van der Waals surface area contributed by atoms with Gasteiger partial charge in [0.1, 0.15) is 11.6 Å². The summed E-state index contributed by atoms with van der Waals surface area (Å²) in [7, 11) is 1.58. The lowest BCUT2D eigenvalue weighted by molar-refractivity contribution is 0.398. The van der Waals surface area contributed by atoms with Gasteiger partial charge in [0.15, 0.2) is 5.82 Å². The van der Waals surface area contributed by atoms with Crippen LogP contribution in [0.25, 0.3) is 33.4 Å². The molecule has 0 saturated heterocycles. The van der Waals surface area contributed by atoms with Gasteiger partial charge in [-0.1, -0.05) is 11.6 Å². The molecule has 0 spiro atoms. The smallest absolute Gasteiger partial charge is 0.212 e. The maximum atomic E-state index is 13.7. The van der Waals surface area contributed by atoms with Crippen molar-refractivity contribution in [3.63, 3.8) is 0 Å². The predicted octanol–water partition coefficient (Wildman–Crippen LogP) is 6.61. The van der Waals surface area contributed by atoms with E-state index >= 15 is 0 Å². The quantitative estimate of drug-likeness (QED) is 0.311. The van der Waals surface area contributed by atoms with Crippen molar-refractivity contribution in [1.82, 2.24) is 19.9 Å². The normalized spacial score (nSPS) is 10.9. The molecule has 0 radical (unpaired) electrons. The van der Waals surface area contributed by atoms with Crippen LogP contribution in [0.4, 0.5) is 15.9 Å². The highest BCUT2D eigenvalue weighted by molar-refractivity contribution is 6.31. The van der Waals surface area contributed by atoms with Gasteiger partial charge in [0.25, 0.3) is 0 Å². The van der Waals surface area contributed by atoms with E-state index in [0.717, 1.165) is 33.2 Å². The number of aryl methyl sites for hydroxylation is 1. The van der Waals surface area contributed by atoms with Crippen LogP contribution in [-0.2, 0) is 0 Å². The Kier molecular flexibility index (Phi) is 5.77. The van der Waals surface area contributed by atoms with Crippen molar-refractivity contribution in [1.29, 1.82) is 0 Å². The van der Waals surface area contributed by atoms with Crippen LogP contribution in [0.1, 0.15) is 5.56 Å². The van der Waals surface area contributed by atoms with Crippen LogP contribution in [0.3, 0.4) is 0 Å². The number of ether oxygens (including phenoxy) is 1. The fourth-order valence-electron chi connectivity index (χ4n) is 3.67. The first-order valence-corrected chi connectivity index (χ1v) is 10.8. The van der Waals surface area contributed by atoms with E-state index in [2.05, 4.69) is 21.4 Å². The Hall–Kier alpha value is -4.10. The number of fused-ring (bicyclic) bond motifs is 1. The molecule has 3 heterocycles. The van der Waals surface area contributed by atoms with E-state index in [4.69, 9.17) is 26.3 Å². The van der Waals surface area contributed by atoms with Gasteiger partial charge in [-0.15, -0.1) is 0 Å². The monoisotopic (exact) mass is 471 g/mol. The SMILES string of the molecule is COc1ccc(-c2cc(C)c3nc(-c4cccnc4)nc(Nc4ccc(F)c(Cl)c4)c3c2)cn1. The van der Waals surface area contributed by atoms with Crippen LogP contribution < -0.4 is 10.1 Å². The van der Waals surface area contributed by atoms with Gasteiger partial charge >= 0.3 is 0 Å². The molecule has 0 saturated carbocycles. The Morgan fingerprint density at radius 2 is 1.82 bits per heavy atom. The number of hydrogen-bond acceptors (Lipinski definition) is 6. The first-order chi connectivity index (χ1) is 16.5. The average Bonchev–Trinajstić information content (AvgIpc) is 2.87. The van der Waals surface area contributed by atoms with Crippen molar-refractivity contribution in [2.24, 2.45) is 0 Å². The largest absolute Gasteiger partial charge is 0.481 e. The Balaban J connectivity index is 1.70. The molecular weight excluding hydrogens is 453 g/mol. The van der Waals surface area contributed by atoms with Crippen LogP contribution in [0.5, 0.6) is 5.88 Å². The van der Waals surface area contributed by atoms with Crippen molar-refractivity contribution < 1.29 is 9.13 Å². The highest BCUT2D eigenvalue weighted by atomic mass is 35.5. The number of hydrogen-bond donors (Lipinski definition) is 1. The summed E-state index contributed by atoms with van der Waals surface area (Å²) in [6.07, 6.45) is 5.17. The molecule has 2 aromatic carbocycles. The zero-order valence-corrected chi connectivity index (χ0v) is 19.1. The van der Waals surface area contributed by atoms with Crippen molar-refractivity contribution >= 4 is 34.0 Å². The van der Waals surface area contributed by atoms with E-state index < -0.39 is 5.82 Å². The van der Waals surface area contributed by atoms with Crippen LogP contribution in [-0.4, -0.2) is 27.0 Å². The van der Waals surface area contributed by atoms with Gasteiger partial charge in [-0.25, -0.2) is 19.3 Å². The molecule has 0 aliphatic heterocycles. The topological polar surface area (TPSA) is 72.8 Å². The lowest BCUT2D eigenvalue weighted by Gasteiger charge is -2.14. The summed E-state index contributed by atoms with van der Waals surface area (Å²) < 4.78 is 18.9. The number of methoxy groups -OCH3 is 1. The highest BCUT2D eigenvalue weighted by Gasteiger charge is 2.15. The van der Waals surface area contributed by atoms with Gasteiger partial charge in [0, 0.05) is 46.9 Å². The summed E-state index contributed by atoms with van der Waals surface area (Å²) in [4.78, 5) is 18.1. The predicted molar refractivity (Wildman–Crippen MR) is 132 cm³/mol. The molecule has 0 aliphatic carbocycles. The Morgan fingerprint density at radius 1 is 0.941 bits per heavy atom. The fraction of sp³-hybridized carbons (Fsp3) is 0.0769. The lowest BCUT2D eigenvalue weighted by atomic mass is 10.0. The zero-order chi connectivity index (χ0) is 23.7. The standard InChI is InChI=1S/C26H19ClFN5O/c1-15-10-18(16-5-8-23(34-2)30-14-16)11-20-24(15)32-25(17-4-3-9-29-13-17)33-26(20)31-19-6-7-22(28)21(27)12-19/h3-14H,1-2H3,(H,31,32,33). The van der Waals surface area contributed by atoms with Gasteiger partial charge in [0.2, 0.25) is 5.88 Å². The molecule has 0 unspecified atom stereocenters. The van der Waals surface area contributed by atoms with Crippen molar-refractivity contribution in [2.45, 2.75) is 6.92 Å². The minimum Gasteiger partial charge on any atom is -0.481 e. The summed E-state index contributed by atoms with van der Waals surface area (Å²) in [5.74, 6) is 1.15. The number of aromatic nitrogens is 4. The van der Waals surface area contributed by atoms with Crippen LogP contribution in [0.15, 0.2) is 73.2 Å². The lowest BCUT2D eigenvalue weighted by Crippen LogP contribution is -2.01. The summed E-state index contributed by atoms with van der Waals surface area (Å²) in [6, 6.07) is 16.0. The van der Waals surface area contributed by atoms with Crippen LogP contribution in [0.2, 0.25) is 5.02 Å². The molecule has 3 aromatic heterocycles. The first-order valence-electron chi connectivity index (χ1n) is 10.5. The van der Waals surface area contributed by atoms with Crippen LogP contribution >= 0.6 is 11.6 Å². The minimum atomic E-state index is -0.485. The summed E-state index contributed by atoms with van der Waals surface area (Å²) >= 11 is 6.01. The number of pyridine rings is 2. The third kappa shape index (κ3) is 4.25. The third-order valence-corrected chi connectivity index (χ3v) is 5.66. The molecule has 8 heteroatoms. The maximum Gasteiger partial charge on any atom is 0.212 e. The van der Waals surface area contributed by atoms with Gasteiger partial charge in [-0.05, 0) is 66.6 Å². The maximum absolute atomic E-state index is 13.7. The number of anilines is 2. The van der Waals surface area contributed by atoms with Crippen molar-refractivity contribution in [3.8, 4) is 28.4 Å². The van der Waals surface area contributed by atoms with E-state index in [0.29, 0.717) is 23.2 Å². The van der Waals surface area contributed by atoms with E-state index in [1.807, 2.05) is 37.3 Å². The Bertz CT molecular complexity index is 1490. The van der Waals surface area contributed by atoms with E-state index in [-0.39, 0.29) is 5.02 Å². The van der Waals surface area contributed by atoms with Gasteiger partial charge in [-0.2, -0.15) is 0 Å². The van der Waals surface area contributed by atoms with E-state index in [1.54, 1.807) is 31.8 Å². The second kappa shape index (κ2) is 9.03. The zero-order valence-electron chi connectivity index (χ0n) is 18.4. The van der Waals surface area contributed by atoms with Crippen molar-refractivity contribution in [3.05, 3.63) is 89.6 Å². The molecule has 6 nitrogen and oxygen atoms in total. The molecule has 34 heavy (non-hydrogen) atoms. The molecular formula is C26H19ClFN5O. The van der Waals surface area contributed by atoms with Gasteiger partial charge < -0.3 is 10.1 Å². The molecule has 5 aromatic rings. The highest BCUT2D eigenvalue weighted by Crippen LogP contribution is 2.34. The fourth-order valence-corrected chi connectivity index (χ4v) is 3.85. The average molecular weight is 472 g/mol. The molecule has 168 valence electrons. The first kappa shape index (κ1) is 21.7. The van der Waals surface area contributed by atoms with Gasteiger partial charge in [-0.3, -0.25) is 4.98 Å². The molecule has 0 bridgehead atoms. The minimum absolute atomic E-state index is 0.0250. The molecule has 1 N–H and O–H groups in total. The van der Waals surface area contributed by atoms with E-state index in [9.17, 15) is 4.39 Å². The molecule has 0 amide bonds. The number of nitrogens with one attached hydrogen (secondary N) is 1. The number of nitrogens with zero attached hydrogens (tertiary/aromatic N) is 4. The van der Waals surface area contributed by atoms with E-state index in [1.165, 1.54) is 12.1 Å². The third-order valence-electron chi connectivity index (χ3n) is 5.37. The number of rotatable bonds is 5. The second-order valence-corrected chi connectivity index (χ2v) is 8.08. The van der Waals surface area contributed by atoms with Crippen LogP contribution in [0, 0.1) is 12.7 Å². The Morgan fingerprint density at radius 3 is 2.53 bits per heavy atom. The number of halogens is 2. The summed E-state index contributed by atoms with van der Waals surface area (Å²) in [5.41, 5.74) is 5.03. The van der Waals surface area contributed by atoms with Gasteiger partial charge in [0.05, 0.1) is 17.6 Å². The Labute approximate surface area is 200 Å². The van der Waals surface area contributed by atoms with Crippen molar-refractivity contribution in [2.75, 3.05) is 12.4 Å². The summed E-state index contributed by atoms with van der Waals surface area (Å²) in [5, 5.41) is 4.12. The molecule has 0 aliphatic rings.